The number of fused-ring (bicyclic) bond motifs is 1. The number of aromatic nitrogens is 2. The van der Waals surface area contributed by atoms with Crippen LogP contribution in [0.15, 0.2) is 6.20 Å². The third-order valence-corrected chi connectivity index (χ3v) is 5.26. The lowest BCUT2D eigenvalue weighted by molar-refractivity contribution is -0.137. The van der Waals surface area contributed by atoms with E-state index in [4.69, 9.17) is 9.72 Å². The number of ether oxygens (including phenoxy) is 1. The summed E-state index contributed by atoms with van der Waals surface area (Å²) in [6, 6.07) is -0.162. The number of amides is 1. The molecule has 1 aromatic heterocycles. The Kier molecular flexibility index (Phi) is 5.49. The zero-order valence-electron chi connectivity index (χ0n) is 16.0. The number of carbonyl (C=O) groups is 1. The van der Waals surface area contributed by atoms with E-state index < -0.39 is 0 Å². The van der Waals surface area contributed by atoms with Crippen LogP contribution in [0.3, 0.4) is 0 Å². The van der Waals surface area contributed by atoms with Gasteiger partial charge in [0.25, 0.3) is 0 Å². The van der Waals surface area contributed by atoms with Crippen molar-refractivity contribution in [2.24, 2.45) is 0 Å². The molecule has 0 aliphatic carbocycles. The number of nitrogens with zero attached hydrogens (tertiary/aromatic N) is 3. The standard InChI is InChI=1S/C19H32N4O2/c1-14(18(24)22-8-10-25-11-9-22)20-12-15-6-5-7-23-13-16(19(2,3)4)21-17(15)23/h13-15,20H,5-12H2,1-4H3. The van der Waals surface area contributed by atoms with Crippen LogP contribution in [0.1, 0.15) is 58.0 Å². The molecule has 25 heavy (non-hydrogen) atoms. The van der Waals surface area contributed by atoms with Crippen LogP contribution in [0.4, 0.5) is 0 Å². The molecule has 2 atom stereocenters. The molecule has 0 radical (unpaired) electrons. The second-order valence-corrected chi connectivity index (χ2v) is 8.33. The third-order valence-electron chi connectivity index (χ3n) is 5.26. The molecule has 6 heteroatoms. The van der Waals surface area contributed by atoms with Gasteiger partial charge in [-0.1, -0.05) is 20.8 Å². The molecule has 0 bridgehead atoms. The summed E-state index contributed by atoms with van der Waals surface area (Å²) in [4.78, 5) is 19.4. The van der Waals surface area contributed by atoms with Crippen molar-refractivity contribution in [2.75, 3.05) is 32.8 Å². The first-order chi connectivity index (χ1) is 11.9. The van der Waals surface area contributed by atoms with E-state index in [1.165, 1.54) is 12.2 Å². The molecule has 140 valence electrons. The molecule has 1 N–H and O–H groups in total. The Hall–Kier alpha value is -1.40. The first kappa shape index (κ1) is 18.4. The Balaban J connectivity index is 1.60. The van der Waals surface area contributed by atoms with E-state index in [9.17, 15) is 4.79 Å². The van der Waals surface area contributed by atoms with Crippen molar-refractivity contribution in [3.05, 3.63) is 17.7 Å². The summed E-state index contributed by atoms with van der Waals surface area (Å²) in [5, 5.41) is 3.45. The van der Waals surface area contributed by atoms with Crippen LogP contribution in [-0.2, 0) is 21.5 Å². The highest BCUT2D eigenvalue weighted by Gasteiger charge is 2.28. The van der Waals surface area contributed by atoms with E-state index in [0.29, 0.717) is 32.2 Å². The number of hydrogen-bond donors (Lipinski definition) is 1. The van der Waals surface area contributed by atoms with Crippen molar-refractivity contribution in [3.63, 3.8) is 0 Å². The Morgan fingerprint density at radius 3 is 2.76 bits per heavy atom. The van der Waals surface area contributed by atoms with Gasteiger partial charge in [0.2, 0.25) is 5.91 Å². The highest BCUT2D eigenvalue weighted by Crippen LogP contribution is 2.30. The average Bonchev–Trinajstić information content (AvgIpc) is 3.05. The highest BCUT2D eigenvalue weighted by atomic mass is 16.5. The number of nitrogens with one attached hydrogen (secondary N) is 1. The summed E-state index contributed by atoms with van der Waals surface area (Å²) in [6.07, 6.45) is 4.51. The van der Waals surface area contributed by atoms with E-state index in [1.807, 2.05) is 11.8 Å². The van der Waals surface area contributed by atoms with Gasteiger partial charge in [-0.25, -0.2) is 4.98 Å². The van der Waals surface area contributed by atoms with Crippen molar-refractivity contribution >= 4 is 5.91 Å². The van der Waals surface area contributed by atoms with Crippen molar-refractivity contribution < 1.29 is 9.53 Å². The fourth-order valence-corrected chi connectivity index (χ4v) is 3.59. The van der Waals surface area contributed by atoms with Gasteiger partial charge >= 0.3 is 0 Å². The second-order valence-electron chi connectivity index (χ2n) is 8.33. The fourth-order valence-electron chi connectivity index (χ4n) is 3.59. The van der Waals surface area contributed by atoms with Crippen molar-refractivity contribution in [1.29, 1.82) is 0 Å². The summed E-state index contributed by atoms with van der Waals surface area (Å²) in [6.45, 7) is 13.1. The molecule has 1 amide bonds. The Bertz CT molecular complexity index is 599. The lowest BCUT2D eigenvalue weighted by Crippen LogP contribution is -2.50. The van der Waals surface area contributed by atoms with Gasteiger partial charge < -0.3 is 19.5 Å². The number of aryl methyl sites for hydroxylation is 1. The summed E-state index contributed by atoms with van der Waals surface area (Å²) >= 11 is 0. The zero-order chi connectivity index (χ0) is 18.0. The van der Waals surface area contributed by atoms with Gasteiger partial charge in [0.05, 0.1) is 24.9 Å². The van der Waals surface area contributed by atoms with Crippen LogP contribution in [0.25, 0.3) is 0 Å². The molecule has 1 fully saturated rings. The Morgan fingerprint density at radius 1 is 1.36 bits per heavy atom. The number of hydrogen-bond acceptors (Lipinski definition) is 4. The Labute approximate surface area is 150 Å². The van der Waals surface area contributed by atoms with Crippen LogP contribution in [0.5, 0.6) is 0 Å². The van der Waals surface area contributed by atoms with E-state index in [0.717, 1.165) is 25.2 Å². The number of carbonyl (C=O) groups excluding carboxylic acids is 1. The lowest BCUT2D eigenvalue weighted by Gasteiger charge is -2.30. The van der Waals surface area contributed by atoms with Gasteiger partial charge in [0.1, 0.15) is 5.82 Å². The minimum Gasteiger partial charge on any atom is -0.378 e. The molecular weight excluding hydrogens is 316 g/mol. The molecule has 3 rings (SSSR count). The van der Waals surface area contributed by atoms with Crippen molar-refractivity contribution in [1.82, 2.24) is 19.8 Å². The number of rotatable bonds is 4. The molecule has 3 heterocycles. The molecule has 1 saturated heterocycles. The first-order valence-electron chi connectivity index (χ1n) is 9.53. The van der Waals surface area contributed by atoms with Gasteiger partial charge in [-0.05, 0) is 19.8 Å². The predicted octanol–water partition coefficient (Wildman–Crippen LogP) is 1.89. The smallest absolute Gasteiger partial charge is 0.239 e. The van der Waals surface area contributed by atoms with Gasteiger partial charge in [-0.15, -0.1) is 0 Å². The van der Waals surface area contributed by atoms with E-state index in [-0.39, 0.29) is 17.4 Å². The van der Waals surface area contributed by atoms with Crippen LogP contribution < -0.4 is 5.32 Å². The van der Waals surface area contributed by atoms with Gasteiger partial charge in [0, 0.05) is 43.7 Å². The van der Waals surface area contributed by atoms with Gasteiger partial charge in [0.15, 0.2) is 0 Å². The van der Waals surface area contributed by atoms with E-state index in [1.54, 1.807) is 0 Å². The summed E-state index contributed by atoms with van der Waals surface area (Å²) in [5.74, 6) is 1.73. The van der Waals surface area contributed by atoms with Crippen LogP contribution in [-0.4, -0.2) is 59.2 Å². The second kappa shape index (κ2) is 7.46. The minimum absolute atomic E-state index is 0.0713. The Morgan fingerprint density at radius 2 is 2.08 bits per heavy atom. The SMILES string of the molecule is CC(NCC1CCCn2cc(C(C)(C)C)nc21)C(=O)N1CCOCC1. The van der Waals surface area contributed by atoms with Crippen molar-refractivity contribution in [3.8, 4) is 0 Å². The summed E-state index contributed by atoms with van der Waals surface area (Å²) in [7, 11) is 0. The first-order valence-corrected chi connectivity index (χ1v) is 9.53. The molecule has 0 spiro atoms. The van der Waals surface area contributed by atoms with E-state index in [2.05, 4.69) is 36.9 Å². The van der Waals surface area contributed by atoms with E-state index >= 15 is 0 Å². The van der Waals surface area contributed by atoms with Gasteiger partial charge in [-0.3, -0.25) is 4.79 Å². The average molecular weight is 348 g/mol. The maximum absolute atomic E-state index is 12.5. The number of imidazole rings is 1. The molecule has 2 unspecified atom stereocenters. The zero-order valence-corrected chi connectivity index (χ0v) is 16.0. The number of morpholine rings is 1. The summed E-state index contributed by atoms with van der Waals surface area (Å²) in [5.41, 5.74) is 1.23. The highest BCUT2D eigenvalue weighted by molar-refractivity contribution is 5.81. The fraction of sp³-hybridized carbons (Fsp3) is 0.789. The lowest BCUT2D eigenvalue weighted by atomic mass is 9.93. The molecule has 0 aromatic carbocycles. The molecule has 6 nitrogen and oxygen atoms in total. The molecule has 1 aromatic rings. The maximum atomic E-state index is 12.5. The third kappa shape index (κ3) is 4.23. The van der Waals surface area contributed by atoms with Crippen molar-refractivity contribution in [2.45, 2.75) is 64.5 Å². The maximum Gasteiger partial charge on any atom is 0.239 e. The van der Waals surface area contributed by atoms with Crippen LogP contribution in [0.2, 0.25) is 0 Å². The molecular formula is C19H32N4O2. The van der Waals surface area contributed by atoms with Gasteiger partial charge in [-0.2, -0.15) is 0 Å². The predicted molar refractivity (Wildman–Crippen MR) is 97.8 cm³/mol. The quantitative estimate of drug-likeness (QED) is 0.903. The largest absolute Gasteiger partial charge is 0.378 e. The normalized spacial score (nSPS) is 22.6. The summed E-state index contributed by atoms with van der Waals surface area (Å²) < 4.78 is 7.64. The molecule has 2 aliphatic heterocycles. The monoisotopic (exact) mass is 348 g/mol. The molecule has 0 saturated carbocycles. The van der Waals surface area contributed by atoms with Crippen LogP contribution in [0, 0.1) is 0 Å². The molecule has 2 aliphatic rings. The topological polar surface area (TPSA) is 59.4 Å². The minimum atomic E-state index is -0.162. The van der Waals surface area contributed by atoms with Crippen LogP contribution >= 0.6 is 0 Å².